The Morgan fingerprint density at radius 3 is 2.68 bits per heavy atom. The number of rotatable bonds is 6. The fraction of sp³-hybridized carbons (Fsp3) is 0.393. The summed E-state index contributed by atoms with van der Waals surface area (Å²) < 4.78 is 19.5. The topological polar surface area (TPSA) is 103 Å². The molecule has 0 spiro atoms. The standard InChI is InChI=1S/C28H33N5O4/c1-15-14-20(29-26-22(15)17(3)32-33(26)6)30-31-27(34)19-10-11-21(36-19)37-24-16(2)13-18-9-8-12-28(4,5)23(18)25(24)35-7/h10-11,13-14H,8-9,12H2,1-7H3,(H,29,30)(H,31,34). The van der Waals surface area contributed by atoms with Crippen LogP contribution in [-0.2, 0) is 18.9 Å². The maximum Gasteiger partial charge on any atom is 0.305 e. The van der Waals surface area contributed by atoms with E-state index in [9.17, 15) is 4.79 Å². The molecule has 0 aliphatic heterocycles. The van der Waals surface area contributed by atoms with E-state index in [0.717, 1.165) is 52.9 Å². The third kappa shape index (κ3) is 4.39. The summed E-state index contributed by atoms with van der Waals surface area (Å²) in [7, 11) is 3.51. The van der Waals surface area contributed by atoms with Crippen molar-refractivity contribution < 1.29 is 18.7 Å². The number of anilines is 1. The zero-order valence-electron chi connectivity index (χ0n) is 22.4. The normalized spacial score (nSPS) is 14.4. The highest BCUT2D eigenvalue weighted by Crippen LogP contribution is 2.49. The van der Waals surface area contributed by atoms with Crippen molar-refractivity contribution in [3.05, 3.63) is 58.0 Å². The van der Waals surface area contributed by atoms with Gasteiger partial charge in [-0.05, 0) is 74.3 Å². The molecule has 3 heterocycles. The molecule has 4 aromatic rings. The molecule has 0 bridgehead atoms. The first-order chi connectivity index (χ1) is 17.6. The van der Waals surface area contributed by atoms with Crippen LogP contribution >= 0.6 is 0 Å². The van der Waals surface area contributed by atoms with Crippen LogP contribution in [0.15, 0.2) is 28.7 Å². The van der Waals surface area contributed by atoms with Crippen LogP contribution < -0.4 is 20.3 Å². The average molecular weight is 504 g/mol. The molecule has 9 nitrogen and oxygen atoms in total. The number of benzene rings is 1. The lowest BCUT2D eigenvalue weighted by Crippen LogP contribution is -2.29. The molecule has 0 fully saturated rings. The fourth-order valence-corrected chi connectivity index (χ4v) is 5.45. The van der Waals surface area contributed by atoms with E-state index in [0.29, 0.717) is 11.6 Å². The summed E-state index contributed by atoms with van der Waals surface area (Å²) in [5, 5.41) is 5.43. The minimum Gasteiger partial charge on any atom is -0.493 e. The predicted octanol–water partition coefficient (Wildman–Crippen LogP) is 5.66. The number of methoxy groups -OCH3 is 1. The molecular weight excluding hydrogens is 470 g/mol. The minimum absolute atomic E-state index is 0.0197. The summed E-state index contributed by atoms with van der Waals surface area (Å²) in [4.78, 5) is 17.3. The van der Waals surface area contributed by atoms with Crippen molar-refractivity contribution in [2.75, 3.05) is 12.5 Å². The van der Waals surface area contributed by atoms with Crippen molar-refractivity contribution in [1.82, 2.24) is 20.2 Å². The third-order valence-corrected chi connectivity index (χ3v) is 7.11. The first-order valence-electron chi connectivity index (χ1n) is 12.4. The summed E-state index contributed by atoms with van der Waals surface area (Å²) >= 11 is 0. The van der Waals surface area contributed by atoms with Crippen LogP contribution in [0.4, 0.5) is 5.82 Å². The molecule has 1 aliphatic carbocycles. The Bertz CT molecular complexity index is 1520. The van der Waals surface area contributed by atoms with Gasteiger partial charge in [0.1, 0.15) is 5.82 Å². The molecule has 1 amide bonds. The van der Waals surface area contributed by atoms with E-state index in [1.165, 1.54) is 11.1 Å². The monoisotopic (exact) mass is 503 g/mol. The molecule has 1 aliphatic rings. The van der Waals surface area contributed by atoms with Gasteiger partial charge in [-0.25, -0.2) is 4.98 Å². The van der Waals surface area contributed by atoms with E-state index >= 15 is 0 Å². The molecule has 1 aromatic carbocycles. The predicted molar refractivity (Wildman–Crippen MR) is 142 cm³/mol. The van der Waals surface area contributed by atoms with E-state index < -0.39 is 5.91 Å². The number of carbonyl (C=O) groups excluding carboxylic acids is 1. The summed E-state index contributed by atoms with van der Waals surface area (Å²) in [6.45, 7) is 10.4. The molecule has 2 N–H and O–H groups in total. The molecular formula is C28H33N5O4. The molecule has 9 heteroatoms. The van der Waals surface area contributed by atoms with Crippen LogP contribution in [0, 0.1) is 20.8 Å². The van der Waals surface area contributed by atoms with Crippen molar-refractivity contribution in [3.63, 3.8) is 0 Å². The van der Waals surface area contributed by atoms with Crippen LogP contribution in [0.1, 0.15) is 65.2 Å². The number of pyridine rings is 1. The van der Waals surface area contributed by atoms with Crippen LogP contribution in [0.5, 0.6) is 17.4 Å². The number of nitrogens with zero attached hydrogens (tertiary/aromatic N) is 3. The van der Waals surface area contributed by atoms with Gasteiger partial charge in [-0.3, -0.25) is 20.3 Å². The molecule has 0 unspecified atom stereocenters. The molecule has 5 rings (SSSR count). The lowest BCUT2D eigenvalue weighted by Gasteiger charge is -2.35. The van der Waals surface area contributed by atoms with Crippen LogP contribution in [0.25, 0.3) is 11.0 Å². The van der Waals surface area contributed by atoms with E-state index in [1.807, 2.05) is 33.9 Å². The van der Waals surface area contributed by atoms with Crippen LogP contribution in [0.2, 0.25) is 0 Å². The third-order valence-electron chi connectivity index (χ3n) is 7.11. The summed E-state index contributed by atoms with van der Waals surface area (Å²) in [5.74, 6) is 1.70. The Morgan fingerprint density at radius 1 is 1.14 bits per heavy atom. The number of hydrogen-bond acceptors (Lipinski definition) is 7. The van der Waals surface area contributed by atoms with Crippen molar-refractivity contribution in [2.24, 2.45) is 7.05 Å². The first kappa shape index (κ1) is 24.7. The first-order valence-corrected chi connectivity index (χ1v) is 12.4. The molecule has 37 heavy (non-hydrogen) atoms. The second-order valence-electron chi connectivity index (χ2n) is 10.4. The molecule has 0 atom stereocenters. The highest BCUT2D eigenvalue weighted by Gasteiger charge is 2.33. The number of nitrogens with one attached hydrogen (secondary N) is 2. The largest absolute Gasteiger partial charge is 0.493 e. The minimum atomic E-state index is -0.453. The smallest absolute Gasteiger partial charge is 0.305 e. The molecule has 0 saturated heterocycles. The number of fused-ring (bicyclic) bond motifs is 2. The number of hydrazine groups is 1. The number of furan rings is 1. The Morgan fingerprint density at radius 2 is 1.92 bits per heavy atom. The van der Waals surface area contributed by atoms with Gasteiger partial charge in [0.05, 0.1) is 12.8 Å². The van der Waals surface area contributed by atoms with Crippen molar-refractivity contribution in [3.8, 4) is 17.4 Å². The Hall–Kier alpha value is -4.01. The van der Waals surface area contributed by atoms with Crippen molar-refractivity contribution in [2.45, 2.75) is 59.3 Å². The number of aromatic nitrogens is 3. The maximum atomic E-state index is 12.8. The number of aryl methyl sites for hydroxylation is 5. The second kappa shape index (κ2) is 9.14. The van der Waals surface area contributed by atoms with Gasteiger partial charge in [0.15, 0.2) is 22.9 Å². The highest BCUT2D eigenvalue weighted by atomic mass is 16.6. The Kier molecular flexibility index (Phi) is 6.09. The van der Waals surface area contributed by atoms with Crippen molar-refractivity contribution in [1.29, 1.82) is 0 Å². The second-order valence-corrected chi connectivity index (χ2v) is 10.4. The molecule has 3 aromatic heterocycles. The summed E-state index contributed by atoms with van der Waals surface area (Å²) in [6.07, 6.45) is 3.26. The average Bonchev–Trinajstić information content (AvgIpc) is 3.42. The molecule has 194 valence electrons. The number of ether oxygens (including phenoxy) is 2. The SMILES string of the molecule is COc1c(Oc2ccc(C(=O)NNc3cc(C)c4c(C)nn(C)c4n3)o2)c(C)cc2c1C(C)(C)CCC2. The molecule has 0 saturated carbocycles. The zero-order chi connectivity index (χ0) is 26.5. The van der Waals surface area contributed by atoms with Gasteiger partial charge in [-0.2, -0.15) is 5.10 Å². The number of hydrogen-bond donors (Lipinski definition) is 2. The Labute approximate surface area is 216 Å². The highest BCUT2D eigenvalue weighted by molar-refractivity contribution is 5.92. The lowest BCUT2D eigenvalue weighted by molar-refractivity contribution is 0.0930. The van der Waals surface area contributed by atoms with E-state index in [4.69, 9.17) is 13.9 Å². The van der Waals surface area contributed by atoms with Crippen LogP contribution in [-0.4, -0.2) is 27.8 Å². The number of carbonyl (C=O) groups is 1. The lowest BCUT2D eigenvalue weighted by atomic mass is 9.72. The van der Waals surface area contributed by atoms with Crippen LogP contribution in [0.3, 0.4) is 0 Å². The van der Waals surface area contributed by atoms with Gasteiger partial charge in [0, 0.05) is 24.1 Å². The van der Waals surface area contributed by atoms with Gasteiger partial charge in [-0.15, -0.1) is 0 Å². The number of amides is 1. The Balaban J connectivity index is 1.34. The van der Waals surface area contributed by atoms with Crippen molar-refractivity contribution >= 4 is 22.8 Å². The zero-order valence-corrected chi connectivity index (χ0v) is 22.4. The quantitative estimate of drug-likeness (QED) is 0.327. The summed E-state index contributed by atoms with van der Waals surface area (Å²) in [5.41, 5.74) is 11.6. The molecule has 0 radical (unpaired) electrons. The van der Waals surface area contributed by atoms with Gasteiger partial charge in [-0.1, -0.05) is 19.9 Å². The van der Waals surface area contributed by atoms with Gasteiger partial charge >= 0.3 is 5.91 Å². The summed E-state index contributed by atoms with van der Waals surface area (Å²) in [6, 6.07) is 7.23. The van der Waals surface area contributed by atoms with E-state index in [1.54, 1.807) is 23.9 Å². The van der Waals surface area contributed by atoms with E-state index in [-0.39, 0.29) is 17.1 Å². The van der Waals surface area contributed by atoms with Gasteiger partial charge in [0.2, 0.25) is 0 Å². The van der Waals surface area contributed by atoms with Gasteiger partial charge < -0.3 is 13.9 Å². The maximum absolute atomic E-state index is 12.8. The van der Waals surface area contributed by atoms with E-state index in [2.05, 4.69) is 40.8 Å². The van der Waals surface area contributed by atoms with Gasteiger partial charge in [0.25, 0.3) is 5.95 Å². The fourth-order valence-electron chi connectivity index (χ4n) is 5.45.